The third kappa shape index (κ3) is 3.36. The highest BCUT2D eigenvalue weighted by atomic mass is 79.9. The van der Waals surface area contributed by atoms with Gasteiger partial charge in [-0.25, -0.2) is 0 Å². The van der Waals surface area contributed by atoms with Gasteiger partial charge in [0.1, 0.15) is 0 Å². The summed E-state index contributed by atoms with van der Waals surface area (Å²) in [6.07, 6.45) is 1.10. The quantitative estimate of drug-likeness (QED) is 0.844. The van der Waals surface area contributed by atoms with Gasteiger partial charge in [-0.15, -0.1) is 0 Å². The van der Waals surface area contributed by atoms with Crippen molar-refractivity contribution in [3.8, 4) is 0 Å². The Bertz CT molecular complexity index is 517. The van der Waals surface area contributed by atoms with Crippen molar-refractivity contribution >= 4 is 21.6 Å². The van der Waals surface area contributed by atoms with Gasteiger partial charge in [-0.1, -0.05) is 47.1 Å². The molecule has 94 valence electrons. The van der Waals surface area contributed by atoms with Crippen LogP contribution in [-0.4, -0.2) is 0 Å². The van der Waals surface area contributed by atoms with E-state index in [0.717, 1.165) is 17.4 Å². The molecule has 0 saturated carbocycles. The first-order valence-corrected chi connectivity index (χ1v) is 7.06. The van der Waals surface area contributed by atoms with Crippen molar-refractivity contribution in [3.05, 3.63) is 63.6 Å². The predicted octanol–water partition coefficient (Wildman–Crippen LogP) is 4.93. The summed E-state index contributed by atoms with van der Waals surface area (Å²) in [5.74, 6) is 0. The molecule has 0 bridgehead atoms. The Morgan fingerprint density at radius 1 is 1.00 bits per heavy atom. The summed E-state index contributed by atoms with van der Waals surface area (Å²) in [6, 6.07) is 15.1. The SMILES string of the molecule is CCc1ccc(CNc2ccc(Br)cc2C)cc1. The van der Waals surface area contributed by atoms with E-state index >= 15 is 0 Å². The summed E-state index contributed by atoms with van der Waals surface area (Å²) in [4.78, 5) is 0. The van der Waals surface area contributed by atoms with Gasteiger partial charge in [-0.2, -0.15) is 0 Å². The second-order valence-corrected chi connectivity index (χ2v) is 5.40. The Morgan fingerprint density at radius 3 is 2.28 bits per heavy atom. The number of nitrogens with one attached hydrogen (secondary N) is 1. The molecule has 0 spiro atoms. The van der Waals surface area contributed by atoms with Crippen LogP contribution in [0.2, 0.25) is 0 Å². The van der Waals surface area contributed by atoms with Crippen LogP contribution >= 0.6 is 15.9 Å². The first-order valence-electron chi connectivity index (χ1n) is 6.27. The number of anilines is 1. The van der Waals surface area contributed by atoms with Crippen molar-refractivity contribution in [1.82, 2.24) is 0 Å². The van der Waals surface area contributed by atoms with Gasteiger partial charge in [0.15, 0.2) is 0 Å². The van der Waals surface area contributed by atoms with Crippen molar-refractivity contribution in [2.75, 3.05) is 5.32 Å². The minimum Gasteiger partial charge on any atom is -0.381 e. The Labute approximate surface area is 117 Å². The minimum atomic E-state index is 0.868. The van der Waals surface area contributed by atoms with E-state index in [9.17, 15) is 0 Å². The summed E-state index contributed by atoms with van der Waals surface area (Å²) in [7, 11) is 0. The van der Waals surface area contributed by atoms with E-state index in [-0.39, 0.29) is 0 Å². The van der Waals surface area contributed by atoms with Crippen LogP contribution < -0.4 is 5.32 Å². The minimum absolute atomic E-state index is 0.868. The highest BCUT2D eigenvalue weighted by Gasteiger charge is 1.99. The standard InChI is InChI=1S/C16H18BrN/c1-3-13-4-6-14(7-5-13)11-18-16-9-8-15(17)10-12(16)2/h4-10,18H,3,11H2,1-2H3. The smallest absolute Gasteiger partial charge is 0.0400 e. The molecule has 0 aromatic heterocycles. The molecule has 0 saturated heterocycles. The lowest BCUT2D eigenvalue weighted by molar-refractivity contribution is 1.10. The van der Waals surface area contributed by atoms with E-state index in [4.69, 9.17) is 0 Å². The molecular weight excluding hydrogens is 286 g/mol. The third-order valence-electron chi connectivity index (χ3n) is 3.10. The second kappa shape index (κ2) is 6.05. The molecular formula is C16H18BrN. The maximum absolute atomic E-state index is 3.48. The largest absolute Gasteiger partial charge is 0.381 e. The first kappa shape index (κ1) is 13.2. The number of hydrogen-bond acceptors (Lipinski definition) is 1. The average molecular weight is 304 g/mol. The normalized spacial score (nSPS) is 10.4. The van der Waals surface area contributed by atoms with Gasteiger partial charge in [0.05, 0.1) is 0 Å². The molecule has 2 aromatic carbocycles. The summed E-state index contributed by atoms with van der Waals surface area (Å²) in [6.45, 7) is 5.16. The van der Waals surface area contributed by atoms with Crippen LogP contribution in [0.3, 0.4) is 0 Å². The number of aryl methyl sites for hydroxylation is 2. The maximum atomic E-state index is 3.48. The molecule has 2 heteroatoms. The van der Waals surface area contributed by atoms with E-state index in [1.165, 1.54) is 22.4 Å². The zero-order valence-corrected chi connectivity index (χ0v) is 12.4. The van der Waals surface area contributed by atoms with Gasteiger partial charge < -0.3 is 5.32 Å². The van der Waals surface area contributed by atoms with Crippen LogP contribution in [0.15, 0.2) is 46.9 Å². The fraction of sp³-hybridized carbons (Fsp3) is 0.250. The van der Waals surface area contributed by atoms with E-state index < -0.39 is 0 Å². The topological polar surface area (TPSA) is 12.0 Å². The Balaban J connectivity index is 2.02. The number of benzene rings is 2. The molecule has 2 rings (SSSR count). The maximum Gasteiger partial charge on any atom is 0.0400 e. The summed E-state index contributed by atoms with van der Waals surface area (Å²) < 4.78 is 1.12. The molecule has 0 unspecified atom stereocenters. The van der Waals surface area contributed by atoms with E-state index in [1.807, 2.05) is 0 Å². The lowest BCUT2D eigenvalue weighted by atomic mass is 10.1. The van der Waals surface area contributed by atoms with E-state index in [2.05, 4.69) is 77.6 Å². The summed E-state index contributed by atoms with van der Waals surface area (Å²) in [5, 5.41) is 3.47. The van der Waals surface area contributed by atoms with Crippen LogP contribution in [-0.2, 0) is 13.0 Å². The second-order valence-electron chi connectivity index (χ2n) is 4.48. The Hall–Kier alpha value is -1.28. The van der Waals surface area contributed by atoms with Gasteiger partial charge in [0, 0.05) is 16.7 Å². The molecule has 0 heterocycles. The van der Waals surface area contributed by atoms with Crippen LogP contribution in [0.4, 0.5) is 5.69 Å². The highest BCUT2D eigenvalue weighted by molar-refractivity contribution is 9.10. The molecule has 1 nitrogen and oxygen atoms in total. The first-order chi connectivity index (χ1) is 8.69. The van der Waals surface area contributed by atoms with Gasteiger partial charge in [-0.3, -0.25) is 0 Å². The molecule has 0 amide bonds. The average Bonchev–Trinajstić information content (AvgIpc) is 2.38. The fourth-order valence-electron chi connectivity index (χ4n) is 1.92. The molecule has 0 atom stereocenters. The number of hydrogen-bond donors (Lipinski definition) is 1. The fourth-order valence-corrected chi connectivity index (χ4v) is 2.39. The molecule has 2 aromatic rings. The van der Waals surface area contributed by atoms with Crippen molar-refractivity contribution < 1.29 is 0 Å². The molecule has 18 heavy (non-hydrogen) atoms. The van der Waals surface area contributed by atoms with Crippen molar-refractivity contribution in [2.24, 2.45) is 0 Å². The lowest BCUT2D eigenvalue weighted by Gasteiger charge is -2.10. The van der Waals surface area contributed by atoms with Gasteiger partial charge >= 0.3 is 0 Å². The molecule has 0 radical (unpaired) electrons. The monoisotopic (exact) mass is 303 g/mol. The third-order valence-corrected chi connectivity index (χ3v) is 3.60. The lowest BCUT2D eigenvalue weighted by Crippen LogP contribution is -2.01. The van der Waals surface area contributed by atoms with E-state index in [0.29, 0.717) is 0 Å². The van der Waals surface area contributed by atoms with Crippen molar-refractivity contribution in [3.63, 3.8) is 0 Å². The molecule has 0 fully saturated rings. The predicted molar refractivity (Wildman–Crippen MR) is 82.0 cm³/mol. The van der Waals surface area contributed by atoms with E-state index in [1.54, 1.807) is 0 Å². The van der Waals surface area contributed by atoms with Crippen LogP contribution in [0, 0.1) is 6.92 Å². The van der Waals surface area contributed by atoms with Crippen LogP contribution in [0.1, 0.15) is 23.6 Å². The zero-order chi connectivity index (χ0) is 13.0. The summed E-state index contributed by atoms with van der Waals surface area (Å²) >= 11 is 3.48. The van der Waals surface area contributed by atoms with Crippen molar-refractivity contribution in [1.29, 1.82) is 0 Å². The van der Waals surface area contributed by atoms with Gasteiger partial charge in [-0.05, 0) is 48.2 Å². The highest BCUT2D eigenvalue weighted by Crippen LogP contribution is 2.20. The van der Waals surface area contributed by atoms with Gasteiger partial charge in [0.25, 0.3) is 0 Å². The molecule has 1 N–H and O–H groups in total. The Kier molecular flexibility index (Phi) is 4.43. The zero-order valence-electron chi connectivity index (χ0n) is 10.8. The molecule has 0 aliphatic carbocycles. The summed E-state index contributed by atoms with van der Waals surface area (Å²) in [5.41, 5.74) is 5.15. The van der Waals surface area contributed by atoms with Crippen LogP contribution in [0.5, 0.6) is 0 Å². The Morgan fingerprint density at radius 2 is 1.67 bits per heavy atom. The van der Waals surface area contributed by atoms with Crippen molar-refractivity contribution in [2.45, 2.75) is 26.8 Å². The number of halogens is 1. The van der Waals surface area contributed by atoms with Crippen LogP contribution in [0.25, 0.3) is 0 Å². The molecule has 0 aliphatic rings. The van der Waals surface area contributed by atoms with Gasteiger partial charge in [0.2, 0.25) is 0 Å². The molecule has 0 aliphatic heterocycles. The number of rotatable bonds is 4.